The van der Waals surface area contributed by atoms with Crippen LogP contribution in [-0.4, -0.2) is 22.7 Å². The number of hydrogen-bond donors (Lipinski definition) is 1. The van der Waals surface area contributed by atoms with Gasteiger partial charge in [0.25, 0.3) is 0 Å². The van der Waals surface area contributed by atoms with Gasteiger partial charge in [-0.3, -0.25) is 4.98 Å². The first-order valence-electron chi connectivity index (χ1n) is 7.39. The molecule has 1 heterocycles. The summed E-state index contributed by atoms with van der Waals surface area (Å²) in [7, 11) is 0. The summed E-state index contributed by atoms with van der Waals surface area (Å²) in [6.07, 6.45) is -2.64. The summed E-state index contributed by atoms with van der Waals surface area (Å²) in [6.45, 7) is 3.38. The Morgan fingerprint density at radius 3 is 2.68 bits per heavy atom. The van der Waals surface area contributed by atoms with Crippen LogP contribution in [0.2, 0.25) is 0 Å². The number of nitrogens with zero attached hydrogens (tertiary/aromatic N) is 1. The lowest BCUT2D eigenvalue weighted by Crippen LogP contribution is -2.15. The molecule has 0 bridgehead atoms. The third kappa shape index (κ3) is 5.15. The van der Waals surface area contributed by atoms with Crippen molar-refractivity contribution in [2.24, 2.45) is 0 Å². The Kier molecular flexibility index (Phi) is 5.93. The molecule has 1 unspecified atom stereocenters. The minimum atomic E-state index is -4.42. The first-order chi connectivity index (χ1) is 11.8. The van der Waals surface area contributed by atoms with E-state index in [0.717, 1.165) is 12.1 Å². The number of aliphatic hydroxyl groups is 1. The minimum Gasteiger partial charge on any atom is -0.462 e. The minimum absolute atomic E-state index is 0.117. The number of rotatable bonds is 6. The zero-order valence-electron chi connectivity index (χ0n) is 13.2. The van der Waals surface area contributed by atoms with E-state index in [0.29, 0.717) is 11.1 Å². The van der Waals surface area contributed by atoms with Crippen molar-refractivity contribution in [3.05, 3.63) is 77.6 Å². The molecule has 4 nitrogen and oxygen atoms in total. The summed E-state index contributed by atoms with van der Waals surface area (Å²) in [5.74, 6) is -0.816. The first kappa shape index (κ1) is 18.7. The monoisotopic (exact) mass is 351 g/mol. The Morgan fingerprint density at radius 1 is 1.28 bits per heavy atom. The Hall–Kier alpha value is -2.67. The number of alkyl halides is 3. The van der Waals surface area contributed by atoms with Crippen molar-refractivity contribution in [2.75, 3.05) is 6.61 Å². The molecule has 132 valence electrons. The SMILES string of the molecule is C=C(C(=O)OCCc1cccc(C(F)(F)F)c1)C(O)c1cccnc1. The first-order valence-corrected chi connectivity index (χ1v) is 7.39. The number of hydrogen-bond acceptors (Lipinski definition) is 4. The van der Waals surface area contributed by atoms with Crippen molar-refractivity contribution in [1.29, 1.82) is 0 Å². The van der Waals surface area contributed by atoms with E-state index in [4.69, 9.17) is 4.74 Å². The molecular formula is C18H16F3NO3. The summed E-state index contributed by atoms with van der Waals surface area (Å²) in [5, 5.41) is 10.0. The molecule has 2 aromatic rings. The number of pyridine rings is 1. The number of carbonyl (C=O) groups is 1. The van der Waals surface area contributed by atoms with Crippen LogP contribution in [0.25, 0.3) is 0 Å². The second-order valence-electron chi connectivity index (χ2n) is 5.30. The topological polar surface area (TPSA) is 59.4 Å². The van der Waals surface area contributed by atoms with Crippen LogP contribution in [0, 0.1) is 0 Å². The highest BCUT2D eigenvalue weighted by Crippen LogP contribution is 2.29. The van der Waals surface area contributed by atoms with Gasteiger partial charge >= 0.3 is 12.1 Å². The van der Waals surface area contributed by atoms with Gasteiger partial charge in [-0.25, -0.2) is 4.79 Å². The van der Waals surface area contributed by atoms with Crippen molar-refractivity contribution < 1.29 is 27.8 Å². The molecule has 0 saturated carbocycles. The smallest absolute Gasteiger partial charge is 0.416 e. The Morgan fingerprint density at radius 2 is 2.04 bits per heavy atom. The van der Waals surface area contributed by atoms with Crippen LogP contribution in [0.1, 0.15) is 22.8 Å². The zero-order chi connectivity index (χ0) is 18.4. The molecule has 0 amide bonds. The van der Waals surface area contributed by atoms with Gasteiger partial charge in [0, 0.05) is 24.4 Å². The van der Waals surface area contributed by atoms with Gasteiger partial charge in [0.2, 0.25) is 0 Å². The standard InChI is InChI=1S/C18H16F3NO3/c1-12(16(23)14-5-3-8-22-11-14)17(24)25-9-7-13-4-2-6-15(10-13)18(19,20)21/h2-6,8,10-11,16,23H,1,7,9H2. The van der Waals surface area contributed by atoms with E-state index in [1.54, 1.807) is 12.1 Å². The van der Waals surface area contributed by atoms with E-state index in [9.17, 15) is 23.1 Å². The molecule has 0 spiro atoms. The van der Waals surface area contributed by atoms with Crippen molar-refractivity contribution in [2.45, 2.75) is 18.7 Å². The highest BCUT2D eigenvalue weighted by atomic mass is 19.4. The average molecular weight is 351 g/mol. The van der Waals surface area contributed by atoms with Gasteiger partial charge < -0.3 is 9.84 Å². The molecule has 2 rings (SSSR count). The van der Waals surface area contributed by atoms with E-state index in [1.165, 1.54) is 24.5 Å². The maximum absolute atomic E-state index is 12.6. The summed E-state index contributed by atoms with van der Waals surface area (Å²) < 4.78 is 42.9. The lowest BCUT2D eigenvalue weighted by atomic mass is 10.1. The molecule has 0 aliphatic carbocycles. The lowest BCUT2D eigenvalue weighted by molar-refractivity contribution is -0.140. The predicted molar refractivity (Wildman–Crippen MR) is 84.4 cm³/mol. The third-order valence-electron chi connectivity index (χ3n) is 3.47. The molecule has 0 aliphatic rings. The maximum Gasteiger partial charge on any atom is 0.416 e. The third-order valence-corrected chi connectivity index (χ3v) is 3.47. The second-order valence-corrected chi connectivity index (χ2v) is 5.30. The largest absolute Gasteiger partial charge is 0.462 e. The molecule has 0 radical (unpaired) electrons. The van der Waals surface area contributed by atoms with Crippen molar-refractivity contribution in [3.63, 3.8) is 0 Å². The van der Waals surface area contributed by atoms with Gasteiger partial charge in [-0.2, -0.15) is 13.2 Å². The van der Waals surface area contributed by atoms with E-state index in [-0.39, 0.29) is 18.6 Å². The van der Waals surface area contributed by atoms with E-state index in [2.05, 4.69) is 11.6 Å². The van der Waals surface area contributed by atoms with Crippen molar-refractivity contribution >= 4 is 5.97 Å². The fourth-order valence-electron chi connectivity index (χ4n) is 2.11. The molecule has 1 atom stereocenters. The highest BCUT2D eigenvalue weighted by Gasteiger charge is 2.30. The second kappa shape index (κ2) is 7.94. The van der Waals surface area contributed by atoms with Crippen LogP contribution < -0.4 is 0 Å². The number of halogens is 3. The number of esters is 1. The van der Waals surface area contributed by atoms with Crippen LogP contribution in [0.5, 0.6) is 0 Å². The predicted octanol–water partition coefficient (Wildman–Crippen LogP) is 3.48. The van der Waals surface area contributed by atoms with Gasteiger partial charge in [-0.05, 0) is 17.7 Å². The zero-order valence-corrected chi connectivity index (χ0v) is 13.2. The molecular weight excluding hydrogens is 335 g/mol. The normalized spacial score (nSPS) is 12.5. The lowest BCUT2D eigenvalue weighted by Gasteiger charge is -2.13. The number of aliphatic hydroxyl groups excluding tert-OH is 1. The molecule has 1 aromatic carbocycles. The van der Waals surface area contributed by atoms with Gasteiger partial charge in [0.1, 0.15) is 6.10 Å². The average Bonchev–Trinajstić information content (AvgIpc) is 2.60. The van der Waals surface area contributed by atoms with Crippen LogP contribution >= 0.6 is 0 Å². The fraction of sp³-hybridized carbons (Fsp3) is 0.222. The number of carbonyl (C=O) groups excluding carboxylic acids is 1. The number of aromatic nitrogens is 1. The van der Waals surface area contributed by atoms with Crippen molar-refractivity contribution in [3.8, 4) is 0 Å². The summed E-state index contributed by atoms with van der Waals surface area (Å²) in [6, 6.07) is 7.98. The van der Waals surface area contributed by atoms with Crippen LogP contribution in [0.3, 0.4) is 0 Å². The molecule has 7 heteroatoms. The van der Waals surface area contributed by atoms with E-state index >= 15 is 0 Å². The molecule has 1 aromatic heterocycles. The molecule has 0 aliphatic heterocycles. The van der Waals surface area contributed by atoms with Crippen LogP contribution in [0.15, 0.2) is 60.9 Å². The highest BCUT2D eigenvalue weighted by molar-refractivity contribution is 5.89. The van der Waals surface area contributed by atoms with Crippen LogP contribution in [0.4, 0.5) is 13.2 Å². The Labute approximate surface area is 142 Å². The van der Waals surface area contributed by atoms with Gasteiger partial charge in [0.15, 0.2) is 0 Å². The maximum atomic E-state index is 12.6. The summed E-state index contributed by atoms with van der Waals surface area (Å²) in [5.41, 5.74) is -0.145. The fourth-order valence-corrected chi connectivity index (χ4v) is 2.11. The molecule has 0 fully saturated rings. The Balaban J connectivity index is 1.89. The van der Waals surface area contributed by atoms with E-state index < -0.39 is 23.8 Å². The summed E-state index contributed by atoms with van der Waals surface area (Å²) in [4.78, 5) is 15.7. The molecule has 0 saturated heterocycles. The van der Waals surface area contributed by atoms with Gasteiger partial charge in [-0.15, -0.1) is 0 Å². The number of benzene rings is 1. The van der Waals surface area contributed by atoms with Crippen molar-refractivity contribution in [1.82, 2.24) is 4.98 Å². The molecule has 1 N–H and O–H groups in total. The quantitative estimate of drug-likeness (QED) is 0.639. The Bertz CT molecular complexity index is 745. The van der Waals surface area contributed by atoms with E-state index in [1.807, 2.05) is 0 Å². The van der Waals surface area contributed by atoms with Gasteiger partial charge in [-0.1, -0.05) is 30.8 Å². The van der Waals surface area contributed by atoms with Gasteiger partial charge in [0.05, 0.1) is 17.7 Å². The summed E-state index contributed by atoms with van der Waals surface area (Å²) >= 11 is 0. The number of ether oxygens (including phenoxy) is 1. The van der Waals surface area contributed by atoms with Crippen LogP contribution in [-0.2, 0) is 22.1 Å². The molecule has 25 heavy (non-hydrogen) atoms.